The van der Waals surface area contributed by atoms with Gasteiger partial charge in [0.1, 0.15) is 12.4 Å². The molecule has 2 aromatic heterocycles. The molecule has 0 aliphatic heterocycles. The summed E-state index contributed by atoms with van der Waals surface area (Å²) in [5, 5.41) is 9.40. The van der Waals surface area contributed by atoms with E-state index in [9.17, 15) is 5.11 Å². The van der Waals surface area contributed by atoms with Crippen LogP contribution in [0.3, 0.4) is 0 Å². The number of hydrogen-bond donors (Lipinski definition) is 1. The molecule has 0 radical (unpaired) electrons. The summed E-state index contributed by atoms with van der Waals surface area (Å²) in [5.74, 6) is 0.306. The highest BCUT2D eigenvalue weighted by molar-refractivity contribution is 5.47. The molecule has 0 spiro atoms. The molecule has 0 bridgehead atoms. The van der Waals surface area contributed by atoms with Crippen molar-refractivity contribution in [1.82, 2.24) is 4.40 Å². The van der Waals surface area contributed by atoms with Crippen LogP contribution in [-0.4, -0.2) is 9.51 Å². The molecule has 0 saturated carbocycles. The van der Waals surface area contributed by atoms with E-state index >= 15 is 0 Å². The number of rotatable bonds is 0. The number of imidazole rings is 1. The molecule has 0 fully saturated rings. The summed E-state index contributed by atoms with van der Waals surface area (Å²) in [6.45, 7) is 0. The van der Waals surface area contributed by atoms with Gasteiger partial charge in [-0.05, 0) is 12.1 Å². The van der Waals surface area contributed by atoms with Crippen LogP contribution < -0.4 is 4.57 Å². The van der Waals surface area contributed by atoms with Crippen molar-refractivity contribution >= 4 is 5.65 Å². The summed E-state index contributed by atoms with van der Waals surface area (Å²) >= 11 is 0. The van der Waals surface area contributed by atoms with Crippen LogP contribution in [0.4, 0.5) is 0 Å². The Kier molecular flexibility index (Phi) is 1.12. The number of aryl methyl sites for hydroxylation is 1. The fourth-order valence-corrected chi connectivity index (χ4v) is 1.23. The highest BCUT2D eigenvalue weighted by Gasteiger charge is 2.09. The quantitative estimate of drug-likeness (QED) is 0.542. The van der Waals surface area contributed by atoms with E-state index in [0.717, 1.165) is 5.65 Å². The van der Waals surface area contributed by atoms with Crippen LogP contribution in [0.15, 0.2) is 30.7 Å². The lowest BCUT2D eigenvalue weighted by Crippen LogP contribution is -2.25. The van der Waals surface area contributed by atoms with Gasteiger partial charge in [-0.25, -0.2) is 4.57 Å². The SMILES string of the molecule is C[n+]1ccn2cccc(O)c21. The van der Waals surface area contributed by atoms with Crippen LogP contribution in [0.2, 0.25) is 0 Å². The predicted molar refractivity (Wildman–Crippen MR) is 40.2 cm³/mol. The number of aromatic nitrogens is 2. The maximum atomic E-state index is 9.40. The third-order valence-corrected chi connectivity index (χ3v) is 1.76. The second kappa shape index (κ2) is 1.99. The number of fused-ring (bicyclic) bond motifs is 1. The molecule has 2 heterocycles. The first-order valence-corrected chi connectivity index (χ1v) is 3.43. The lowest BCUT2D eigenvalue weighted by Gasteiger charge is -1.90. The molecule has 0 aliphatic carbocycles. The molecule has 0 aliphatic rings. The van der Waals surface area contributed by atoms with Crippen LogP contribution >= 0.6 is 0 Å². The van der Waals surface area contributed by atoms with E-state index in [1.54, 1.807) is 6.07 Å². The summed E-state index contributed by atoms with van der Waals surface area (Å²) in [5.41, 5.74) is 0.813. The van der Waals surface area contributed by atoms with E-state index in [4.69, 9.17) is 0 Å². The minimum atomic E-state index is 0.306. The average molecular weight is 149 g/mol. The summed E-state index contributed by atoms with van der Waals surface area (Å²) in [6, 6.07) is 3.48. The van der Waals surface area contributed by atoms with E-state index in [1.165, 1.54) is 0 Å². The van der Waals surface area contributed by atoms with Crippen molar-refractivity contribution in [2.75, 3.05) is 0 Å². The topological polar surface area (TPSA) is 28.5 Å². The molecule has 1 N–H and O–H groups in total. The lowest BCUT2D eigenvalue weighted by molar-refractivity contribution is -0.644. The van der Waals surface area contributed by atoms with Gasteiger partial charge in [0.25, 0.3) is 0 Å². The van der Waals surface area contributed by atoms with E-state index in [2.05, 4.69) is 0 Å². The van der Waals surface area contributed by atoms with Crippen molar-refractivity contribution in [2.45, 2.75) is 0 Å². The number of pyridine rings is 1. The fraction of sp³-hybridized carbons (Fsp3) is 0.125. The van der Waals surface area contributed by atoms with Crippen LogP contribution in [0.1, 0.15) is 0 Å². The van der Waals surface area contributed by atoms with Crippen LogP contribution in [0.5, 0.6) is 5.75 Å². The Morgan fingerprint density at radius 3 is 3.00 bits per heavy atom. The summed E-state index contributed by atoms with van der Waals surface area (Å²) in [6.07, 6.45) is 5.69. The van der Waals surface area contributed by atoms with E-state index in [1.807, 2.05) is 40.7 Å². The molecule has 0 aromatic carbocycles. The van der Waals surface area contributed by atoms with Gasteiger partial charge in [-0.15, -0.1) is 0 Å². The molecule has 56 valence electrons. The van der Waals surface area contributed by atoms with Gasteiger partial charge >= 0.3 is 5.65 Å². The molecule has 3 nitrogen and oxygen atoms in total. The van der Waals surface area contributed by atoms with Gasteiger partial charge < -0.3 is 5.11 Å². The van der Waals surface area contributed by atoms with Crippen molar-refractivity contribution in [1.29, 1.82) is 0 Å². The minimum absolute atomic E-state index is 0.306. The molecule has 0 amide bonds. The summed E-state index contributed by atoms with van der Waals surface area (Å²) in [7, 11) is 1.90. The van der Waals surface area contributed by atoms with Crippen molar-refractivity contribution in [3.8, 4) is 5.75 Å². The second-order valence-electron chi connectivity index (χ2n) is 2.53. The number of nitrogens with zero attached hydrogens (tertiary/aromatic N) is 2. The van der Waals surface area contributed by atoms with Crippen molar-refractivity contribution in [3.63, 3.8) is 0 Å². The predicted octanol–water partition coefficient (Wildman–Crippen LogP) is 0.469. The molecular formula is C8H9N2O+. The molecule has 0 atom stereocenters. The average Bonchev–Trinajstić information content (AvgIpc) is 2.34. The molecule has 0 unspecified atom stereocenters. The molecule has 2 rings (SSSR count). The maximum Gasteiger partial charge on any atom is 0.328 e. The van der Waals surface area contributed by atoms with Crippen LogP contribution in [-0.2, 0) is 7.05 Å². The first-order chi connectivity index (χ1) is 5.29. The Labute approximate surface area is 64.1 Å². The largest absolute Gasteiger partial charge is 0.501 e. The maximum absolute atomic E-state index is 9.40. The minimum Gasteiger partial charge on any atom is -0.501 e. The first kappa shape index (κ1) is 6.22. The molecule has 3 heteroatoms. The Bertz CT molecular complexity index is 392. The number of hydrogen-bond acceptors (Lipinski definition) is 1. The Morgan fingerprint density at radius 2 is 2.27 bits per heavy atom. The normalized spacial score (nSPS) is 10.6. The van der Waals surface area contributed by atoms with Crippen LogP contribution in [0.25, 0.3) is 5.65 Å². The summed E-state index contributed by atoms with van der Waals surface area (Å²) < 4.78 is 3.74. The third-order valence-electron chi connectivity index (χ3n) is 1.76. The van der Waals surface area contributed by atoms with Gasteiger partial charge in [0.15, 0.2) is 0 Å². The van der Waals surface area contributed by atoms with Gasteiger partial charge in [-0.3, -0.25) is 0 Å². The number of aromatic hydroxyl groups is 1. The fourth-order valence-electron chi connectivity index (χ4n) is 1.23. The van der Waals surface area contributed by atoms with Crippen molar-refractivity contribution in [2.24, 2.45) is 7.05 Å². The van der Waals surface area contributed by atoms with Gasteiger partial charge in [-0.2, -0.15) is 4.40 Å². The van der Waals surface area contributed by atoms with E-state index in [-0.39, 0.29) is 0 Å². The molecule has 11 heavy (non-hydrogen) atoms. The standard InChI is InChI=1S/C8H8N2O/c1-9-5-6-10-4-2-3-7(11)8(9)10/h2-6H,1H3/p+1. The first-order valence-electron chi connectivity index (χ1n) is 3.43. The molecule has 2 aromatic rings. The summed E-state index contributed by atoms with van der Waals surface area (Å²) in [4.78, 5) is 0. The van der Waals surface area contributed by atoms with Gasteiger partial charge in [-0.1, -0.05) is 0 Å². The van der Waals surface area contributed by atoms with Gasteiger partial charge in [0.2, 0.25) is 5.75 Å². The highest BCUT2D eigenvalue weighted by Crippen LogP contribution is 2.12. The van der Waals surface area contributed by atoms with Crippen molar-refractivity contribution in [3.05, 3.63) is 30.7 Å². The highest BCUT2D eigenvalue weighted by atomic mass is 16.3. The smallest absolute Gasteiger partial charge is 0.328 e. The molecular weight excluding hydrogens is 140 g/mol. The Balaban J connectivity index is 2.96. The Hall–Kier alpha value is -1.51. The molecule has 0 saturated heterocycles. The van der Waals surface area contributed by atoms with Crippen LogP contribution in [0, 0.1) is 0 Å². The Morgan fingerprint density at radius 1 is 1.45 bits per heavy atom. The van der Waals surface area contributed by atoms with E-state index < -0.39 is 0 Å². The van der Waals surface area contributed by atoms with Gasteiger partial charge in [0, 0.05) is 0 Å². The zero-order valence-electron chi connectivity index (χ0n) is 6.23. The monoisotopic (exact) mass is 149 g/mol. The lowest BCUT2D eigenvalue weighted by atomic mass is 10.4. The second-order valence-corrected chi connectivity index (χ2v) is 2.53. The third kappa shape index (κ3) is 0.774. The zero-order valence-corrected chi connectivity index (χ0v) is 6.23. The zero-order chi connectivity index (χ0) is 7.84. The van der Waals surface area contributed by atoms with E-state index in [0.29, 0.717) is 5.75 Å². The van der Waals surface area contributed by atoms with Gasteiger partial charge in [0.05, 0.1) is 13.2 Å². The van der Waals surface area contributed by atoms with Crippen molar-refractivity contribution < 1.29 is 9.67 Å².